The van der Waals surface area contributed by atoms with Gasteiger partial charge in [0, 0.05) is 11.4 Å². The molecule has 0 unspecified atom stereocenters. The van der Waals surface area contributed by atoms with E-state index in [9.17, 15) is 14.4 Å². The zero-order valence-corrected chi connectivity index (χ0v) is 16.1. The van der Waals surface area contributed by atoms with Crippen LogP contribution >= 0.6 is 15.9 Å². The molecule has 7 nitrogen and oxygen atoms in total. The normalized spacial score (nSPS) is 10.2. The highest BCUT2D eigenvalue weighted by molar-refractivity contribution is 9.10. The lowest BCUT2D eigenvalue weighted by Gasteiger charge is -2.12. The van der Waals surface area contributed by atoms with Crippen molar-refractivity contribution in [2.24, 2.45) is 0 Å². The number of halogens is 1. The fourth-order valence-corrected chi connectivity index (χ4v) is 2.58. The van der Waals surface area contributed by atoms with Crippen LogP contribution in [-0.4, -0.2) is 29.4 Å². The molecule has 136 valence electrons. The molecule has 1 heterocycles. The standard InChI is InChI=1S/C18H18BrN3O4/c1-4-26-18(25)13-6-8-15(20-10(13)2)17(24)22-16-9-12(19)5-7-14(16)21-11(3)23/h5-9H,4H2,1-3H3,(H,21,23)(H,22,24). The molecular formula is C18H18BrN3O4. The fraction of sp³-hybridized carbons (Fsp3) is 0.222. The lowest BCUT2D eigenvalue weighted by molar-refractivity contribution is -0.114. The van der Waals surface area contributed by atoms with E-state index in [1.54, 1.807) is 32.0 Å². The number of ether oxygens (including phenoxy) is 1. The van der Waals surface area contributed by atoms with Gasteiger partial charge in [0.1, 0.15) is 5.69 Å². The largest absolute Gasteiger partial charge is 0.462 e. The van der Waals surface area contributed by atoms with Crippen LogP contribution in [0.5, 0.6) is 0 Å². The highest BCUT2D eigenvalue weighted by Crippen LogP contribution is 2.26. The minimum Gasteiger partial charge on any atom is -0.462 e. The van der Waals surface area contributed by atoms with Gasteiger partial charge in [0.05, 0.1) is 29.2 Å². The van der Waals surface area contributed by atoms with Crippen LogP contribution in [0.1, 0.15) is 40.4 Å². The third-order valence-electron chi connectivity index (χ3n) is 3.35. The molecule has 0 aliphatic heterocycles. The third kappa shape index (κ3) is 4.89. The Hall–Kier alpha value is -2.74. The van der Waals surface area contributed by atoms with Gasteiger partial charge in [-0.25, -0.2) is 9.78 Å². The maximum Gasteiger partial charge on any atom is 0.339 e. The SMILES string of the molecule is CCOC(=O)c1ccc(C(=O)Nc2cc(Br)ccc2NC(C)=O)nc1C. The van der Waals surface area contributed by atoms with Gasteiger partial charge in [0.15, 0.2) is 0 Å². The van der Waals surface area contributed by atoms with Gasteiger partial charge in [-0.2, -0.15) is 0 Å². The van der Waals surface area contributed by atoms with Gasteiger partial charge < -0.3 is 15.4 Å². The van der Waals surface area contributed by atoms with Crippen molar-refractivity contribution in [2.45, 2.75) is 20.8 Å². The molecule has 2 amide bonds. The molecule has 0 aliphatic rings. The Labute approximate surface area is 159 Å². The van der Waals surface area contributed by atoms with Crippen molar-refractivity contribution < 1.29 is 19.1 Å². The molecule has 26 heavy (non-hydrogen) atoms. The highest BCUT2D eigenvalue weighted by Gasteiger charge is 2.16. The summed E-state index contributed by atoms with van der Waals surface area (Å²) in [5.74, 6) is -1.20. The first kappa shape index (κ1) is 19.6. The first-order valence-electron chi connectivity index (χ1n) is 7.85. The third-order valence-corrected chi connectivity index (χ3v) is 3.85. The molecule has 1 aromatic carbocycles. The van der Waals surface area contributed by atoms with E-state index in [4.69, 9.17) is 4.74 Å². The second-order valence-electron chi connectivity index (χ2n) is 5.38. The Morgan fingerprint density at radius 3 is 2.46 bits per heavy atom. The average Bonchev–Trinajstić information content (AvgIpc) is 2.57. The van der Waals surface area contributed by atoms with Gasteiger partial charge in [-0.3, -0.25) is 9.59 Å². The zero-order valence-electron chi connectivity index (χ0n) is 14.6. The van der Waals surface area contributed by atoms with Crippen molar-refractivity contribution in [3.05, 3.63) is 51.8 Å². The summed E-state index contributed by atoms with van der Waals surface area (Å²) >= 11 is 3.33. The van der Waals surface area contributed by atoms with E-state index in [1.165, 1.54) is 19.1 Å². The lowest BCUT2D eigenvalue weighted by atomic mass is 10.1. The van der Waals surface area contributed by atoms with Crippen LogP contribution in [0.3, 0.4) is 0 Å². The Morgan fingerprint density at radius 1 is 1.12 bits per heavy atom. The number of amides is 2. The van der Waals surface area contributed by atoms with Crippen LogP contribution < -0.4 is 10.6 Å². The molecule has 2 N–H and O–H groups in total. The van der Waals surface area contributed by atoms with Crippen molar-refractivity contribution in [3.63, 3.8) is 0 Å². The summed E-state index contributed by atoms with van der Waals surface area (Å²) in [5.41, 5.74) is 1.74. The van der Waals surface area contributed by atoms with E-state index in [-0.39, 0.29) is 18.2 Å². The van der Waals surface area contributed by atoms with Gasteiger partial charge in [-0.15, -0.1) is 0 Å². The van der Waals surface area contributed by atoms with Gasteiger partial charge in [-0.05, 0) is 44.2 Å². The number of nitrogens with zero attached hydrogens (tertiary/aromatic N) is 1. The van der Waals surface area contributed by atoms with Crippen LogP contribution in [0.4, 0.5) is 11.4 Å². The molecule has 0 atom stereocenters. The first-order valence-corrected chi connectivity index (χ1v) is 8.64. The Morgan fingerprint density at radius 2 is 1.85 bits per heavy atom. The molecule has 0 spiro atoms. The molecule has 0 saturated heterocycles. The van der Waals surface area contributed by atoms with Gasteiger partial charge in [0.2, 0.25) is 5.91 Å². The summed E-state index contributed by atoms with van der Waals surface area (Å²) in [6.07, 6.45) is 0. The van der Waals surface area contributed by atoms with Crippen LogP contribution in [-0.2, 0) is 9.53 Å². The number of rotatable bonds is 5. The second kappa shape index (κ2) is 8.57. The maximum atomic E-state index is 12.5. The monoisotopic (exact) mass is 419 g/mol. The predicted molar refractivity (Wildman–Crippen MR) is 101 cm³/mol. The Kier molecular flexibility index (Phi) is 6.46. The van der Waals surface area contributed by atoms with E-state index >= 15 is 0 Å². The maximum absolute atomic E-state index is 12.5. The summed E-state index contributed by atoms with van der Waals surface area (Å²) in [5, 5.41) is 5.36. The summed E-state index contributed by atoms with van der Waals surface area (Å²) in [6, 6.07) is 8.04. The number of benzene rings is 1. The summed E-state index contributed by atoms with van der Waals surface area (Å²) in [6.45, 7) is 4.99. The number of nitrogens with one attached hydrogen (secondary N) is 2. The van der Waals surface area contributed by atoms with Crippen LogP contribution in [0.15, 0.2) is 34.8 Å². The van der Waals surface area contributed by atoms with Crippen molar-refractivity contribution >= 4 is 45.1 Å². The molecule has 0 fully saturated rings. The molecule has 0 saturated carbocycles. The number of hydrogen-bond donors (Lipinski definition) is 2. The predicted octanol–water partition coefficient (Wildman–Crippen LogP) is 3.54. The number of esters is 1. The molecule has 8 heteroatoms. The zero-order chi connectivity index (χ0) is 19.3. The Balaban J connectivity index is 2.25. The summed E-state index contributed by atoms with van der Waals surface area (Å²) in [4.78, 5) is 39.8. The van der Waals surface area contributed by atoms with Gasteiger partial charge in [-0.1, -0.05) is 15.9 Å². The number of hydrogen-bond acceptors (Lipinski definition) is 5. The molecule has 0 bridgehead atoms. The molecule has 1 aromatic heterocycles. The average molecular weight is 420 g/mol. The van der Waals surface area contributed by atoms with Gasteiger partial charge >= 0.3 is 5.97 Å². The quantitative estimate of drug-likeness (QED) is 0.722. The molecule has 0 radical (unpaired) electrons. The summed E-state index contributed by atoms with van der Waals surface area (Å²) < 4.78 is 5.69. The highest BCUT2D eigenvalue weighted by atomic mass is 79.9. The molecule has 0 aliphatic carbocycles. The van der Waals surface area contributed by atoms with Gasteiger partial charge in [0.25, 0.3) is 5.91 Å². The molecule has 2 aromatic rings. The van der Waals surface area contributed by atoms with E-state index in [0.29, 0.717) is 22.6 Å². The van der Waals surface area contributed by atoms with E-state index < -0.39 is 11.9 Å². The second-order valence-corrected chi connectivity index (χ2v) is 6.29. The fourth-order valence-electron chi connectivity index (χ4n) is 2.22. The van der Waals surface area contributed by atoms with Crippen molar-refractivity contribution in [1.82, 2.24) is 4.98 Å². The number of aromatic nitrogens is 1. The number of carbonyl (C=O) groups excluding carboxylic acids is 3. The van der Waals surface area contributed by atoms with E-state index in [2.05, 4.69) is 31.5 Å². The van der Waals surface area contributed by atoms with Crippen molar-refractivity contribution in [2.75, 3.05) is 17.2 Å². The molecule has 2 rings (SSSR count). The van der Waals surface area contributed by atoms with Crippen LogP contribution in [0.2, 0.25) is 0 Å². The van der Waals surface area contributed by atoms with E-state index in [0.717, 1.165) is 4.47 Å². The number of pyridine rings is 1. The minimum absolute atomic E-state index is 0.143. The van der Waals surface area contributed by atoms with Crippen molar-refractivity contribution in [1.29, 1.82) is 0 Å². The topological polar surface area (TPSA) is 97.4 Å². The molecular weight excluding hydrogens is 402 g/mol. The smallest absolute Gasteiger partial charge is 0.339 e. The van der Waals surface area contributed by atoms with Crippen molar-refractivity contribution in [3.8, 4) is 0 Å². The number of aryl methyl sites for hydroxylation is 1. The minimum atomic E-state index is -0.482. The van der Waals surface area contributed by atoms with Crippen LogP contribution in [0.25, 0.3) is 0 Å². The Bertz CT molecular complexity index is 868. The summed E-state index contributed by atoms with van der Waals surface area (Å²) in [7, 11) is 0. The lowest BCUT2D eigenvalue weighted by Crippen LogP contribution is -2.18. The van der Waals surface area contributed by atoms with Crippen LogP contribution in [0, 0.1) is 6.92 Å². The first-order chi connectivity index (χ1) is 12.3. The number of carbonyl (C=O) groups is 3. The van der Waals surface area contributed by atoms with E-state index in [1.807, 2.05) is 0 Å². The number of anilines is 2.